The molecule has 106 valence electrons. The van der Waals surface area contributed by atoms with E-state index in [1.165, 1.54) is 25.8 Å². The molecule has 2 rings (SSSR count). The van der Waals surface area contributed by atoms with Crippen molar-refractivity contribution in [2.24, 2.45) is 11.8 Å². The Morgan fingerprint density at radius 1 is 1.17 bits per heavy atom. The Hall–Kier alpha value is -0.0800. The predicted octanol–water partition coefficient (Wildman–Crippen LogP) is 3.27. The predicted molar refractivity (Wildman–Crippen MR) is 78.8 cm³/mol. The third kappa shape index (κ3) is 2.91. The van der Waals surface area contributed by atoms with Crippen LogP contribution in [0.2, 0.25) is 0 Å². The molecule has 1 aliphatic heterocycles. The van der Waals surface area contributed by atoms with Crippen molar-refractivity contribution in [3.05, 3.63) is 0 Å². The van der Waals surface area contributed by atoms with Gasteiger partial charge in [0.1, 0.15) is 0 Å². The van der Waals surface area contributed by atoms with Gasteiger partial charge in [0.05, 0.1) is 0 Å². The van der Waals surface area contributed by atoms with Crippen molar-refractivity contribution in [3.8, 4) is 0 Å². The van der Waals surface area contributed by atoms with E-state index in [-0.39, 0.29) is 5.54 Å². The SMILES string of the molecule is CC(C)CC(C)N1CC(C)(C)NCC1(C)C1CC1. The molecule has 2 fully saturated rings. The molecule has 2 heteroatoms. The van der Waals surface area contributed by atoms with Crippen LogP contribution in [0.5, 0.6) is 0 Å². The van der Waals surface area contributed by atoms with Gasteiger partial charge in [-0.25, -0.2) is 0 Å². The summed E-state index contributed by atoms with van der Waals surface area (Å²) in [6.45, 7) is 16.6. The lowest BCUT2D eigenvalue weighted by Crippen LogP contribution is -2.69. The standard InChI is InChI=1S/C16H32N2/c1-12(2)9-13(3)18-11-15(4,5)17-10-16(18,6)14-7-8-14/h12-14,17H,7-11H2,1-6H3. The van der Waals surface area contributed by atoms with Gasteiger partial charge in [0.15, 0.2) is 0 Å². The molecular formula is C16H32N2. The fourth-order valence-corrected chi connectivity index (χ4v) is 3.73. The second-order valence-electron chi connectivity index (χ2n) is 7.98. The Morgan fingerprint density at radius 2 is 1.78 bits per heavy atom. The molecule has 1 saturated carbocycles. The largest absolute Gasteiger partial charge is 0.309 e. The van der Waals surface area contributed by atoms with E-state index in [2.05, 4.69) is 51.8 Å². The second kappa shape index (κ2) is 4.79. The van der Waals surface area contributed by atoms with Crippen molar-refractivity contribution in [2.45, 2.75) is 77.9 Å². The van der Waals surface area contributed by atoms with Gasteiger partial charge in [-0.3, -0.25) is 4.90 Å². The first-order valence-corrected chi connectivity index (χ1v) is 7.76. The Bertz CT molecular complexity index is 293. The lowest BCUT2D eigenvalue weighted by Gasteiger charge is -2.54. The second-order valence-corrected chi connectivity index (χ2v) is 7.98. The zero-order chi connectivity index (χ0) is 13.6. The first kappa shape index (κ1) is 14.3. The van der Waals surface area contributed by atoms with Gasteiger partial charge in [-0.1, -0.05) is 13.8 Å². The topological polar surface area (TPSA) is 15.3 Å². The molecule has 0 amide bonds. The average molecular weight is 252 g/mol. The molecule has 0 spiro atoms. The Morgan fingerprint density at radius 3 is 2.28 bits per heavy atom. The van der Waals surface area contributed by atoms with Gasteiger partial charge in [-0.05, 0) is 58.8 Å². The summed E-state index contributed by atoms with van der Waals surface area (Å²) in [5.74, 6) is 1.72. The van der Waals surface area contributed by atoms with Crippen LogP contribution < -0.4 is 5.32 Å². The van der Waals surface area contributed by atoms with Crippen LogP contribution in [-0.2, 0) is 0 Å². The molecule has 1 aliphatic carbocycles. The third-order valence-corrected chi connectivity index (χ3v) is 4.95. The molecule has 0 aromatic carbocycles. The van der Waals surface area contributed by atoms with Crippen molar-refractivity contribution in [2.75, 3.05) is 13.1 Å². The van der Waals surface area contributed by atoms with Crippen molar-refractivity contribution in [3.63, 3.8) is 0 Å². The van der Waals surface area contributed by atoms with Gasteiger partial charge < -0.3 is 5.32 Å². The van der Waals surface area contributed by atoms with Crippen LogP contribution in [0.25, 0.3) is 0 Å². The van der Waals surface area contributed by atoms with E-state index in [1.807, 2.05) is 0 Å². The zero-order valence-electron chi connectivity index (χ0n) is 13.2. The molecule has 2 nitrogen and oxygen atoms in total. The summed E-state index contributed by atoms with van der Waals surface area (Å²) in [5, 5.41) is 3.77. The van der Waals surface area contributed by atoms with Crippen molar-refractivity contribution in [1.82, 2.24) is 10.2 Å². The van der Waals surface area contributed by atoms with E-state index in [4.69, 9.17) is 0 Å². The highest BCUT2D eigenvalue weighted by atomic mass is 15.3. The zero-order valence-corrected chi connectivity index (χ0v) is 13.2. The fourth-order valence-electron chi connectivity index (χ4n) is 3.73. The van der Waals surface area contributed by atoms with Crippen LogP contribution in [0.3, 0.4) is 0 Å². The Kier molecular flexibility index (Phi) is 3.81. The summed E-state index contributed by atoms with van der Waals surface area (Å²) in [7, 11) is 0. The normalized spacial score (nSPS) is 34.8. The summed E-state index contributed by atoms with van der Waals surface area (Å²) in [6.07, 6.45) is 4.19. The molecule has 0 aromatic rings. The number of hydrogen-bond donors (Lipinski definition) is 1. The van der Waals surface area contributed by atoms with E-state index in [1.54, 1.807) is 0 Å². The smallest absolute Gasteiger partial charge is 0.0337 e. The molecule has 0 radical (unpaired) electrons. The van der Waals surface area contributed by atoms with Gasteiger partial charge >= 0.3 is 0 Å². The van der Waals surface area contributed by atoms with E-state index >= 15 is 0 Å². The van der Waals surface area contributed by atoms with Gasteiger partial charge in [-0.15, -0.1) is 0 Å². The first-order chi connectivity index (χ1) is 8.24. The highest BCUT2D eigenvalue weighted by Crippen LogP contribution is 2.45. The minimum absolute atomic E-state index is 0.264. The molecule has 0 bridgehead atoms. The van der Waals surface area contributed by atoms with Crippen LogP contribution in [0.15, 0.2) is 0 Å². The molecule has 18 heavy (non-hydrogen) atoms. The maximum atomic E-state index is 3.77. The van der Waals surface area contributed by atoms with E-state index < -0.39 is 0 Å². The quantitative estimate of drug-likeness (QED) is 0.826. The van der Waals surface area contributed by atoms with Crippen LogP contribution in [0, 0.1) is 11.8 Å². The molecule has 1 N–H and O–H groups in total. The number of nitrogens with zero attached hydrogens (tertiary/aromatic N) is 1. The minimum Gasteiger partial charge on any atom is -0.309 e. The van der Waals surface area contributed by atoms with Crippen LogP contribution >= 0.6 is 0 Å². The molecule has 2 aliphatic rings. The number of piperazine rings is 1. The molecular weight excluding hydrogens is 220 g/mol. The highest BCUT2D eigenvalue weighted by molar-refractivity contribution is 5.08. The summed E-state index contributed by atoms with van der Waals surface area (Å²) in [4.78, 5) is 2.82. The maximum Gasteiger partial charge on any atom is 0.0337 e. The molecule has 2 unspecified atom stereocenters. The summed E-state index contributed by atoms with van der Waals surface area (Å²) in [6, 6.07) is 0.706. The van der Waals surface area contributed by atoms with Crippen LogP contribution in [0.1, 0.15) is 60.8 Å². The van der Waals surface area contributed by atoms with Crippen molar-refractivity contribution >= 4 is 0 Å². The van der Waals surface area contributed by atoms with Gasteiger partial charge in [0.2, 0.25) is 0 Å². The highest BCUT2D eigenvalue weighted by Gasteiger charge is 2.50. The third-order valence-electron chi connectivity index (χ3n) is 4.95. The van der Waals surface area contributed by atoms with Crippen LogP contribution in [0.4, 0.5) is 0 Å². The van der Waals surface area contributed by atoms with Crippen molar-refractivity contribution < 1.29 is 0 Å². The average Bonchev–Trinajstić information content (AvgIpc) is 3.04. The van der Waals surface area contributed by atoms with E-state index in [9.17, 15) is 0 Å². The van der Waals surface area contributed by atoms with Crippen LogP contribution in [-0.4, -0.2) is 35.1 Å². The lowest BCUT2D eigenvalue weighted by molar-refractivity contribution is -0.0218. The minimum atomic E-state index is 0.264. The first-order valence-electron chi connectivity index (χ1n) is 7.76. The summed E-state index contributed by atoms with van der Waals surface area (Å²) >= 11 is 0. The van der Waals surface area contributed by atoms with Gasteiger partial charge in [0, 0.05) is 30.2 Å². The van der Waals surface area contributed by atoms with E-state index in [0.29, 0.717) is 11.6 Å². The lowest BCUT2D eigenvalue weighted by atomic mass is 9.83. The van der Waals surface area contributed by atoms with Gasteiger partial charge in [-0.2, -0.15) is 0 Å². The number of rotatable bonds is 4. The molecule has 1 heterocycles. The number of hydrogen-bond acceptors (Lipinski definition) is 2. The van der Waals surface area contributed by atoms with Crippen molar-refractivity contribution in [1.29, 1.82) is 0 Å². The number of nitrogens with one attached hydrogen (secondary N) is 1. The fraction of sp³-hybridized carbons (Fsp3) is 1.00. The Labute approximate surface area is 114 Å². The monoisotopic (exact) mass is 252 g/mol. The Balaban J connectivity index is 2.13. The molecule has 0 aromatic heterocycles. The maximum absolute atomic E-state index is 3.77. The van der Waals surface area contributed by atoms with Gasteiger partial charge in [0.25, 0.3) is 0 Å². The summed E-state index contributed by atoms with van der Waals surface area (Å²) < 4.78 is 0. The summed E-state index contributed by atoms with van der Waals surface area (Å²) in [5.41, 5.74) is 0.656. The molecule has 2 atom stereocenters. The molecule has 1 saturated heterocycles. The van der Waals surface area contributed by atoms with E-state index in [0.717, 1.165) is 18.4 Å².